The third-order valence-electron chi connectivity index (χ3n) is 5.02. The summed E-state index contributed by atoms with van der Waals surface area (Å²) in [5.41, 5.74) is 1.49. The highest BCUT2D eigenvalue weighted by atomic mass is 35.5. The van der Waals surface area contributed by atoms with E-state index in [-0.39, 0.29) is 10.6 Å². The van der Waals surface area contributed by atoms with Crippen LogP contribution in [0.3, 0.4) is 0 Å². The minimum Gasteiger partial charge on any atom is -0.354 e. The van der Waals surface area contributed by atoms with Gasteiger partial charge in [0, 0.05) is 38.8 Å². The number of benzene rings is 2. The van der Waals surface area contributed by atoms with Gasteiger partial charge in [0.05, 0.1) is 10.6 Å². The molecule has 1 aromatic heterocycles. The summed E-state index contributed by atoms with van der Waals surface area (Å²) in [6.45, 7) is 4.44. The maximum atomic E-state index is 13.2. The minimum absolute atomic E-state index is 0.0521. The topological polar surface area (TPSA) is 61.4 Å². The van der Waals surface area contributed by atoms with Crippen molar-refractivity contribution in [1.29, 1.82) is 0 Å². The number of hydrogen-bond acceptors (Lipinski definition) is 5. The lowest BCUT2D eigenvalue weighted by atomic mass is 10.2. The Labute approximate surface area is 179 Å². The van der Waals surface area contributed by atoms with E-state index >= 15 is 0 Å². The molecule has 0 saturated carbocycles. The van der Waals surface area contributed by atoms with Gasteiger partial charge in [-0.3, -0.25) is 9.69 Å². The molecule has 3 aromatic rings. The van der Waals surface area contributed by atoms with Gasteiger partial charge in [-0.15, -0.1) is 0 Å². The highest BCUT2D eigenvalue weighted by Gasteiger charge is 2.19. The molecule has 1 N–H and O–H groups in total. The number of halogens is 2. The van der Waals surface area contributed by atoms with Crippen LogP contribution in [0.4, 0.5) is 16.0 Å². The molecule has 154 valence electrons. The fourth-order valence-corrected chi connectivity index (χ4v) is 3.68. The number of nitrogens with zero attached hydrogens (tertiary/aromatic N) is 4. The van der Waals surface area contributed by atoms with Crippen LogP contribution in [-0.2, 0) is 6.54 Å². The van der Waals surface area contributed by atoms with E-state index in [0.717, 1.165) is 44.6 Å². The van der Waals surface area contributed by atoms with Crippen molar-refractivity contribution < 1.29 is 9.18 Å². The SMILES string of the molecule is O=C(Nc1cc(N2CCN(Cc3ccccc3)CC2)ncn1)c1ccc(F)cc1Cl. The second-order valence-corrected chi connectivity index (χ2v) is 7.50. The van der Waals surface area contributed by atoms with Crippen LogP contribution in [-0.4, -0.2) is 47.0 Å². The minimum atomic E-state index is -0.493. The lowest BCUT2D eigenvalue weighted by molar-refractivity contribution is 0.102. The molecule has 0 aliphatic carbocycles. The summed E-state index contributed by atoms with van der Waals surface area (Å²) in [4.78, 5) is 25.5. The lowest BCUT2D eigenvalue weighted by Gasteiger charge is -2.35. The summed E-state index contributed by atoms with van der Waals surface area (Å²) in [6, 6.07) is 15.8. The Morgan fingerprint density at radius 3 is 2.53 bits per heavy atom. The fourth-order valence-electron chi connectivity index (χ4n) is 3.42. The van der Waals surface area contributed by atoms with E-state index in [0.29, 0.717) is 5.82 Å². The molecule has 6 nitrogen and oxygen atoms in total. The lowest BCUT2D eigenvalue weighted by Crippen LogP contribution is -2.46. The predicted octanol–water partition coefficient (Wildman–Crippen LogP) is 3.84. The van der Waals surface area contributed by atoms with Gasteiger partial charge in [-0.1, -0.05) is 41.9 Å². The average molecular weight is 426 g/mol. The van der Waals surface area contributed by atoms with E-state index in [1.165, 1.54) is 24.0 Å². The maximum absolute atomic E-state index is 13.2. The molecule has 30 heavy (non-hydrogen) atoms. The molecule has 2 heterocycles. The standard InChI is InChI=1S/C22H21ClFN5O/c23-19-12-17(24)6-7-18(19)22(30)27-20-13-21(26-15-25-20)29-10-8-28(9-11-29)14-16-4-2-1-3-5-16/h1-7,12-13,15H,8-11,14H2,(H,25,26,27,30). The van der Waals surface area contributed by atoms with Gasteiger partial charge in [-0.05, 0) is 23.8 Å². The Morgan fingerprint density at radius 2 is 1.80 bits per heavy atom. The molecule has 0 unspecified atom stereocenters. The van der Waals surface area contributed by atoms with Crippen LogP contribution in [0.2, 0.25) is 5.02 Å². The number of nitrogens with one attached hydrogen (secondary N) is 1. The van der Waals surface area contributed by atoms with Gasteiger partial charge in [0.1, 0.15) is 23.8 Å². The maximum Gasteiger partial charge on any atom is 0.258 e. The smallest absolute Gasteiger partial charge is 0.258 e. The first-order valence-electron chi connectivity index (χ1n) is 9.68. The van der Waals surface area contributed by atoms with Crippen molar-refractivity contribution in [3.63, 3.8) is 0 Å². The molecular formula is C22H21ClFN5O. The third kappa shape index (κ3) is 4.93. The van der Waals surface area contributed by atoms with E-state index in [1.54, 1.807) is 6.07 Å². The fraction of sp³-hybridized carbons (Fsp3) is 0.227. The van der Waals surface area contributed by atoms with Gasteiger partial charge in [-0.25, -0.2) is 14.4 Å². The van der Waals surface area contributed by atoms with Crippen LogP contribution in [0.5, 0.6) is 0 Å². The van der Waals surface area contributed by atoms with E-state index in [9.17, 15) is 9.18 Å². The molecule has 4 rings (SSSR count). The Hall–Kier alpha value is -3.03. The van der Waals surface area contributed by atoms with Crippen LogP contribution in [0.15, 0.2) is 60.9 Å². The Balaban J connectivity index is 1.37. The van der Waals surface area contributed by atoms with E-state index < -0.39 is 11.7 Å². The van der Waals surface area contributed by atoms with Gasteiger partial charge in [-0.2, -0.15) is 0 Å². The molecule has 8 heteroatoms. The van der Waals surface area contributed by atoms with E-state index in [2.05, 4.69) is 49.4 Å². The van der Waals surface area contributed by atoms with Gasteiger partial charge in [0.2, 0.25) is 0 Å². The molecule has 2 aromatic carbocycles. The van der Waals surface area contributed by atoms with Gasteiger partial charge in [0.25, 0.3) is 5.91 Å². The number of rotatable bonds is 5. The zero-order valence-corrected chi connectivity index (χ0v) is 17.0. The van der Waals surface area contributed by atoms with Crippen LogP contribution in [0.25, 0.3) is 0 Å². The number of anilines is 2. The number of carbonyl (C=O) groups is 1. The summed E-state index contributed by atoms with van der Waals surface area (Å²) in [5.74, 6) is 0.187. The predicted molar refractivity (Wildman–Crippen MR) is 115 cm³/mol. The first kappa shape index (κ1) is 20.3. The average Bonchev–Trinajstić information content (AvgIpc) is 2.75. The van der Waals surface area contributed by atoms with Crippen LogP contribution < -0.4 is 10.2 Å². The molecular weight excluding hydrogens is 405 g/mol. The quantitative estimate of drug-likeness (QED) is 0.673. The Morgan fingerprint density at radius 1 is 1.03 bits per heavy atom. The van der Waals surface area contributed by atoms with Gasteiger partial charge >= 0.3 is 0 Å². The number of hydrogen-bond donors (Lipinski definition) is 1. The normalized spacial score (nSPS) is 14.5. The molecule has 0 radical (unpaired) electrons. The monoisotopic (exact) mass is 425 g/mol. The van der Waals surface area contributed by atoms with E-state index in [1.807, 2.05) is 6.07 Å². The molecule has 1 saturated heterocycles. The second kappa shape index (κ2) is 9.19. The Bertz CT molecular complexity index is 1030. The first-order valence-corrected chi connectivity index (χ1v) is 10.1. The van der Waals surface area contributed by atoms with Crippen LogP contribution in [0, 0.1) is 5.82 Å². The molecule has 0 atom stereocenters. The molecule has 0 bridgehead atoms. The Kier molecular flexibility index (Phi) is 6.21. The zero-order valence-electron chi connectivity index (χ0n) is 16.3. The number of carbonyl (C=O) groups excluding carboxylic acids is 1. The van der Waals surface area contributed by atoms with Crippen molar-refractivity contribution in [2.75, 3.05) is 36.4 Å². The van der Waals surface area contributed by atoms with Crippen LogP contribution >= 0.6 is 11.6 Å². The first-order chi connectivity index (χ1) is 14.6. The summed E-state index contributed by atoms with van der Waals surface area (Å²) in [5, 5.41) is 2.76. The van der Waals surface area contributed by atoms with Crippen molar-refractivity contribution in [2.24, 2.45) is 0 Å². The summed E-state index contributed by atoms with van der Waals surface area (Å²) < 4.78 is 13.2. The summed E-state index contributed by atoms with van der Waals surface area (Å²) >= 11 is 5.97. The number of aromatic nitrogens is 2. The van der Waals surface area contributed by atoms with Gasteiger partial charge < -0.3 is 10.2 Å². The highest BCUT2D eigenvalue weighted by Crippen LogP contribution is 2.21. The van der Waals surface area contributed by atoms with Crippen molar-refractivity contribution in [2.45, 2.75) is 6.54 Å². The van der Waals surface area contributed by atoms with Crippen molar-refractivity contribution in [3.8, 4) is 0 Å². The van der Waals surface area contributed by atoms with Crippen molar-refractivity contribution in [3.05, 3.63) is 82.9 Å². The second-order valence-electron chi connectivity index (χ2n) is 7.09. The summed E-state index contributed by atoms with van der Waals surface area (Å²) in [7, 11) is 0. The third-order valence-corrected chi connectivity index (χ3v) is 5.33. The highest BCUT2D eigenvalue weighted by molar-refractivity contribution is 6.34. The molecule has 1 aliphatic rings. The molecule has 1 aliphatic heterocycles. The van der Waals surface area contributed by atoms with Crippen LogP contribution in [0.1, 0.15) is 15.9 Å². The number of piperazine rings is 1. The number of amides is 1. The molecule has 1 fully saturated rings. The van der Waals surface area contributed by atoms with Gasteiger partial charge in [0.15, 0.2) is 0 Å². The van der Waals surface area contributed by atoms with Crippen molar-refractivity contribution >= 4 is 29.1 Å². The largest absolute Gasteiger partial charge is 0.354 e. The zero-order chi connectivity index (χ0) is 20.9. The molecule has 0 spiro atoms. The van der Waals surface area contributed by atoms with E-state index in [4.69, 9.17) is 11.6 Å². The van der Waals surface area contributed by atoms with Crippen molar-refractivity contribution in [1.82, 2.24) is 14.9 Å². The summed E-state index contributed by atoms with van der Waals surface area (Å²) in [6.07, 6.45) is 1.42. The molecule has 1 amide bonds.